The minimum absolute atomic E-state index is 0.195. The number of aromatic nitrogens is 2. The molecule has 0 atom stereocenters. The molecule has 90 valence electrons. The number of carbonyl (C=O) groups excluding carboxylic acids is 2. The van der Waals surface area contributed by atoms with Gasteiger partial charge in [-0.3, -0.25) is 14.3 Å². The average molecular weight is 235 g/mol. The molecule has 7 heteroatoms. The van der Waals surface area contributed by atoms with Gasteiger partial charge >= 0.3 is 11.8 Å². The summed E-state index contributed by atoms with van der Waals surface area (Å²) in [6.07, 6.45) is 2.27. The van der Waals surface area contributed by atoms with Crippen molar-refractivity contribution >= 4 is 17.5 Å². The van der Waals surface area contributed by atoms with Crippen LogP contribution in [0.4, 0.5) is 5.69 Å². The molecule has 7 nitrogen and oxygen atoms in total. The number of carbonyl (C=O) groups is 2. The molecule has 17 heavy (non-hydrogen) atoms. The third-order valence-electron chi connectivity index (χ3n) is 2.02. The van der Waals surface area contributed by atoms with Gasteiger partial charge in [-0.2, -0.15) is 10.4 Å². The maximum absolute atomic E-state index is 11.4. The van der Waals surface area contributed by atoms with Crippen LogP contribution in [0, 0.1) is 11.3 Å². The number of nitriles is 1. The van der Waals surface area contributed by atoms with Crippen molar-refractivity contribution in [3.05, 3.63) is 11.9 Å². The molecule has 0 aliphatic carbocycles. The van der Waals surface area contributed by atoms with Crippen LogP contribution >= 0.6 is 0 Å². The normalized spacial score (nSPS) is 9.47. The van der Waals surface area contributed by atoms with E-state index in [1.165, 1.54) is 0 Å². The lowest BCUT2D eigenvalue weighted by atomic mass is 10.3. The molecule has 1 rings (SSSR count). The van der Waals surface area contributed by atoms with E-state index in [9.17, 15) is 9.59 Å². The first-order valence-corrected chi connectivity index (χ1v) is 5.07. The molecule has 0 fully saturated rings. The molecule has 0 saturated carbocycles. The lowest BCUT2D eigenvalue weighted by molar-refractivity contribution is -0.136. The minimum atomic E-state index is -0.836. The molecule has 0 radical (unpaired) electrons. The number of hydrogen-bond acceptors (Lipinski definition) is 4. The maximum atomic E-state index is 11.4. The Balaban J connectivity index is 2.67. The lowest BCUT2D eigenvalue weighted by Crippen LogP contribution is -2.35. The molecule has 0 bridgehead atoms. The van der Waals surface area contributed by atoms with Gasteiger partial charge in [0.2, 0.25) is 0 Å². The third-order valence-corrected chi connectivity index (χ3v) is 2.02. The van der Waals surface area contributed by atoms with Gasteiger partial charge in [-0.15, -0.1) is 0 Å². The van der Waals surface area contributed by atoms with Crippen molar-refractivity contribution in [2.75, 3.05) is 11.9 Å². The van der Waals surface area contributed by atoms with Crippen LogP contribution in [0.25, 0.3) is 0 Å². The zero-order valence-electron chi connectivity index (χ0n) is 9.65. The predicted octanol–water partition coefficient (Wildman–Crippen LogP) is -0.439. The Bertz CT molecular complexity index is 472. The molecule has 0 spiro atoms. The quantitative estimate of drug-likeness (QED) is 0.548. The maximum Gasteiger partial charge on any atom is 0.313 e. The summed E-state index contributed by atoms with van der Waals surface area (Å²) >= 11 is 0. The van der Waals surface area contributed by atoms with Crippen LogP contribution in [0.3, 0.4) is 0 Å². The van der Waals surface area contributed by atoms with E-state index in [2.05, 4.69) is 15.7 Å². The Morgan fingerprint density at radius 2 is 2.24 bits per heavy atom. The first kappa shape index (κ1) is 12.7. The molecule has 2 amide bonds. The third kappa shape index (κ3) is 3.31. The number of hydrogen-bond donors (Lipinski definition) is 2. The van der Waals surface area contributed by atoms with Crippen LogP contribution in [0.5, 0.6) is 0 Å². The second kappa shape index (κ2) is 5.65. The van der Waals surface area contributed by atoms with E-state index in [0.29, 0.717) is 17.8 Å². The van der Waals surface area contributed by atoms with Gasteiger partial charge in [-0.25, -0.2) is 0 Å². The van der Waals surface area contributed by atoms with Gasteiger partial charge in [0.15, 0.2) is 0 Å². The number of nitrogens with zero attached hydrogens (tertiary/aromatic N) is 3. The molecule has 0 aliphatic heterocycles. The number of rotatable bonds is 3. The predicted molar refractivity (Wildman–Crippen MR) is 59.8 cm³/mol. The summed E-state index contributed by atoms with van der Waals surface area (Å²) in [4.78, 5) is 22.6. The fraction of sp³-hybridized carbons (Fsp3) is 0.400. The second-order valence-corrected chi connectivity index (χ2v) is 3.31. The molecule has 1 aromatic rings. The molecule has 0 aliphatic rings. The van der Waals surface area contributed by atoms with Crippen LogP contribution in [0.1, 0.15) is 12.6 Å². The van der Waals surface area contributed by atoms with E-state index in [1.807, 2.05) is 6.92 Å². The van der Waals surface area contributed by atoms with Crippen LogP contribution < -0.4 is 10.6 Å². The summed E-state index contributed by atoms with van der Waals surface area (Å²) in [6, 6.07) is 1.72. The molecule has 0 unspecified atom stereocenters. The van der Waals surface area contributed by atoms with Gasteiger partial charge in [-0.1, -0.05) is 6.92 Å². The van der Waals surface area contributed by atoms with E-state index in [0.717, 1.165) is 0 Å². The van der Waals surface area contributed by atoms with Gasteiger partial charge in [0, 0.05) is 13.2 Å². The highest BCUT2D eigenvalue weighted by atomic mass is 16.2. The monoisotopic (exact) mass is 235 g/mol. The van der Waals surface area contributed by atoms with Crippen molar-refractivity contribution in [2.24, 2.45) is 7.05 Å². The Kier molecular flexibility index (Phi) is 4.22. The summed E-state index contributed by atoms with van der Waals surface area (Å²) < 4.78 is 1.56. The SMILES string of the molecule is CCc1nn(C)cc1NC(=O)C(=O)NCC#N. The number of amides is 2. The van der Waals surface area contributed by atoms with Gasteiger partial charge in [0.25, 0.3) is 0 Å². The zero-order chi connectivity index (χ0) is 12.8. The summed E-state index contributed by atoms with van der Waals surface area (Å²) in [5, 5.41) is 17.0. The fourth-order valence-corrected chi connectivity index (χ4v) is 1.28. The van der Waals surface area contributed by atoms with E-state index >= 15 is 0 Å². The van der Waals surface area contributed by atoms with Crippen molar-refractivity contribution in [1.82, 2.24) is 15.1 Å². The minimum Gasteiger partial charge on any atom is -0.335 e. The molecular weight excluding hydrogens is 222 g/mol. The second-order valence-electron chi connectivity index (χ2n) is 3.31. The molecular formula is C10H13N5O2. The molecule has 1 heterocycles. The largest absolute Gasteiger partial charge is 0.335 e. The fourth-order valence-electron chi connectivity index (χ4n) is 1.28. The van der Waals surface area contributed by atoms with Gasteiger partial charge < -0.3 is 10.6 Å². The van der Waals surface area contributed by atoms with Gasteiger partial charge in [0.05, 0.1) is 17.5 Å². The summed E-state index contributed by atoms with van der Waals surface area (Å²) in [7, 11) is 1.73. The Morgan fingerprint density at radius 1 is 1.53 bits per heavy atom. The summed E-state index contributed by atoms with van der Waals surface area (Å²) in [5.74, 6) is -1.64. The number of anilines is 1. The first-order valence-electron chi connectivity index (χ1n) is 5.07. The van der Waals surface area contributed by atoms with E-state index in [4.69, 9.17) is 5.26 Å². The van der Waals surface area contributed by atoms with Crippen molar-refractivity contribution in [2.45, 2.75) is 13.3 Å². The van der Waals surface area contributed by atoms with Gasteiger partial charge in [-0.05, 0) is 6.42 Å². The topological polar surface area (TPSA) is 99.8 Å². The molecule has 0 saturated heterocycles. The van der Waals surface area contributed by atoms with E-state index in [1.54, 1.807) is 24.0 Å². The van der Waals surface area contributed by atoms with Crippen molar-refractivity contribution in [3.8, 4) is 6.07 Å². The number of nitrogens with one attached hydrogen (secondary N) is 2. The standard InChI is InChI=1S/C10H13N5O2/c1-3-7-8(6-15(2)14-7)13-10(17)9(16)12-5-4-11/h6H,3,5H2,1-2H3,(H,12,16)(H,13,17). The van der Waals surface area contributed by atoms with Crippen molar-refractivity contribution < 1.29 is 9.59 Å². The molecule has 2 N–H and O–H groups in total. The smallest absolute Gasteiger partial charge is 0.313 e. The average Bonchev–Trinajstić information content (AvgIpc) is 2.66. The Morgan fingerprint density at radius 3 is 2.82 bits per heavy atom. The highest BCUT2D eigenvalue weighted by molar-refractivity contribution is 6.39. The lowest BCUT2D eigenvalue weighted by Gasteiger charge is -2.03. The van der Waals surface area contributed by atoms with Gasteiger partial charge in [0.1, 0.15) is 6.54 Å². The molecule has 1 aromatic heterocycles. The highest BCUT2D eigenvalue weighted by Crippen LogP contribution is 2.13. The Labute approximate surface area is 98.4 Å². The first-order chi connectivity index (χ1) is 8.08. The van der Waals surface area contributed by atoms with Crippen molar-refractivity contribution in [1.29, 1.82) is 5.26 Å². The van der Waals surface area contributed by atoms with E-state index in [-0.39, 0.29) is 6.54 Å². The number of aryl methyl sites for hydroxylation is 2. The van der Waals surface area contributed by atoms with Crippen LogP contribution in [0.15, 0.2) is 6.20 Å². The summed E-state index contributed by atoms with van der Waals surface area (Å²) in [5.41, 5.74) is 1.21. The van der Waals surface area contributed by atoms with Crippen LogP contribution in [-0.2, 0) is 23.1 Å². The summed E-state index contributed by atoms with van der Waals surface area (Å²) in [6.45, 7) is 1.70. The molecule has 0 aromatic carbocycles. The van der Waals surface area contributed by atoms with Crippen LogP contribution in [0.2, 0.25) is 0 Å². The van der Waals surface area contributed by atoms with Crippen molar-refractivity contribution in [3.63, 3.8) is 0 Å². The van der Waals surface area contributed by atoms with E-state index < -0.39 is 11.8 Å². The highest BCUT2D eigenvalue weighted by Gasteiger charge is 2.15. The Hall–Kier alpha value is -2.36. The van der Waals surface area contributed by atoms with Crippen LogP contribution in [-0.4, -0.2) is 28.1 Å². The zero-order valence-corrected chi connectivity index (χ0v) is 9.65.